The number of rotatable bonds is 4. The number of urea groups is 1. The molecule has 0 radical (unpaired) electrons. The zero-order valence-electron chi connectivity index (χ0n) is 15.4. The molecule has 3 rings (SSSR count). The molecule has 0 aliphatic rings. The summed E-state index contributed by atoms with van der Waals surface area (Å²) in [6, 6.07) is 7.78. The van der Waals surface area contributed by atoms with Crippen LogP contribution in [0.15, 0.2) is 46.9 Å². The molecule has 2 N–H and O–H groups in total. The normalized spacial score (nSPS) is 10.6. The van der Waals surface area contributed by atoms with Crippen LogP contribution in [0, 0.1) is 11.6 Å². The molecule has 0 saturated carbocycles. The fourth-order valence-corrected chi connectivity index (χ4v) is 3.67. The zero-order valence-corrected chi connectivity index (χ0v) is 20.0. The standard InChI is InChI=1S/C20H9BrCl4F2N2O3/c21-9-5-4-8(22)6-13(9)32-14-7-10(23)18(17(25)16(14)24)28-20(31)29-19(30)15-11(26)2-1-3-12(15)27/h1-7H,(H2,28,29,30,31). The average molecular weight is 585 g/mol. The number of hydrogen-bond donors (Lipinski definition) is 2. The van der Waals surface area contributed by atoms with Gasteiger partial charge < -0.3 is 10.1 Å². The van der Waals surface area contributed by atoms with Crippen LogP contribution in [0.2, 0.25) is 20.1 Å². The largest absolute Gasteiger partial charge is 0.454 e. The second-order valence-corrected chi connectivity index (χ2v) is 8.50. The van der Waals surface area contributed by atoms with Gasteiger partial charge in [-0.3, -0.25) is 10.1 Å². The van der Waals surface area contributed by atoms with Crippen molar-refractivity contribution in [1.82, 2.24) is 5.32 Å². The van der Waals surface area contributed by atoms with E-state index in [0.29, 0.717) is 15.2 Å². The summed E-state index contributed by atoms with van der Waals surface area (Å²) in [7, 11) is 0. The van der Waals surface area contributed by atoms with E-state index in [0.717, 1.165) is 18.2 Å². The number of carbonyl (C=O) groups excluding carboxylic acids is 2. The van der Waals surface area contributed by atoms with Crippen molar-refractivity contribution >= 4 is 80.0 Å². The van der Waals surface area contributed by atoms with Gasteiger partial charge in [0, 0.05) is 17.2 Å². The smallest absolute Gasteiger partial charge is 0.326 e. The van der Waals surface area contributed by atoms with Gasteiger partial charge in [-0.15, -0.1) is 0 Å². The van der Waals surface area contributed by atoms with Crippen molar-refractivity contribution in [2.45, 2.75) is 0 Å². The minimum absolute atomic E-state index is 0.0556. The Kier molecular flexibility index (Phi) is 7.84. The summed E-state index contributed by atoms with van der Waals surface area (Å²) in [5, 5.41) is 4.01. The van der Waals surface area contributed by atoms with Crippen LogP contribution in [0.25, 0.3) is 0 Å². The maximum Gasteiger partial charge on any atom is 0.326 e. The number of imide groups is 1. The van der Waals surface area contributed by atoms with Gasteiger partial charge in [-0.05, 0) is 40.2 Å². The lowest BCUT2D eigenvalue weighted by Crippen LogP contribution is -2.35. The number of nitrogens with one attached hydrogen (secondary N) is 2. The van der Waals surface area contributed by atoms with Gasteiger partial charge in [-0.25, -0.2) is 13.6 Å². The van der Waals surface area contributed by atoms with Crippen LogP contribution in [0.1, 0.15) is 10.4 Å². The first-order valence-corrected chi connectivity index (χ1v) is 10.8. The summed E-state index contributed by atoms with van der Waals surface area (Å²) in [4.78, 5) is 24.3. The molecule has 12 heteroatoms. The Labute approximate surface area is 208 Å². The Bertz CT molecular complexity index is 1220. The van der Waals surface area contributed by atoms with Gasteiger partial charge in [0.25, 0.3) is 5.91 Å². The quantitative estimate of drug-likeness (QED) is 0.305. The molecule has 0 spiro atoms. The highest BCUT2D eigenvalue weighted by Gasteiger charge is 2.22. The molecule has 3 aromatic rings. The van der Waals surface area contributed by atoms with E-state index >= 15 is 0 Å². The van der Waals surface area contributed by atoms with Crippen molar-refractivity contribution < 1.29 is 23.1 Å². The van der Waals surface area contributed by atoms with E-state index in [4.69, 9.17) is 51.1 Å². The second kappa shape index (κ2) is 10.2. The molecule has 0 unspecified atom stereocenters. The van der Waals surface area contributed by atoms with Gasteiger partial charge in [0.2, 0.25) is 0 Å². The highest BCUT2D eigenvalue weighted by atomic mass is 79.9. The SMILES string of the molecule is O=C(NC(=O)c1c(F)cccc1F)Nc1c(Cl)cc(Oc2cc(Cl)ccc2Br)c(Cl)c1Cl. The highest BCUT2D eigenvalue weighted by Crippen LogP contribution is 2.45. The summed E-state index contributed by atoms with van der Waals surface area (Å²) in [6.07, 6.45) is 0. The van der Waals surface area contributed by atoms with Crippen molar-refractivity contribution in [3.63, 3.8) is 0 Å². The van der Waals surface area contributed by atoms with E-state index in [1.807, 2.05) is 0 Å². The van der Waals surface area contributed by atoms with Gasteiger partial charge >= 0.3 is 6.03 Å². The van der Waals surface area contributed by atoms with E-state index in [1.54, 1.807) is 17.4 Å². The van der Waals surface area contributed by atoms with E-state index in [1.165, 1.54) is 12.1 Å². The average Bonchev–Trinajstić information content (AvgIpc) is 2.71. The molecule has 166 valence electrons. The Balaban J connectivity index is 1.81. The molecule has 0 aromatic heterocycles. The number of amides is 3. The lowest BCUT2D eigenvalue weighted by molar-refractivity contribution is 0.0959. The Hall–Kier alpha value is -2.10. The molecule has 5 nitrogen and oxygen atoms in total. The monoisotopic (exact) mass is 582 g/mol. The number of ether oxygens (including phenoxy) is 1. The van der Waals surface area contributed by atoms with Crippen LogP contribution in [-0.2, 0) is 0 Å². The van der Waals surface area contributed by atoms with Gasteiger partial charge in [0.05, 0.1) is 20.2 Å². The molecular weight excluding hydrogens is 576 g/mol. The van der Waals surface area contributed by atoms with Crippen molar-refractivity contribution in [2.75, 3.05) is 5.32 Å². The van der Waals surface area contributed by atoms with Crippen molar-refractivity contribution in [1.29, 1.82) is 0 Å². The second-order valence-electron chi connectivity index (χ2n) is 6.04. The number of carbonyl (C=O) groups is 2. The fraction of sp³-hybridized carbons (Fsp3) is 0. The third-order valence-electron chi connectivity index (χ3n) is 3.89. The van der Waals surface area contributed by atoms with Crippen LogP contribution in [0.3, 0.4) is 0 Å². The van der Waals surface area contributed by atoms with Gasteiger partial charge in [0.15, 0.2) is 0 Å². The summed E-state index contributed by atoms with van der Waals surface area (Å²) in [5.74, 6) is -3.20. The van der Waals surface area contributed by atoms with Crippen LogP contribution >= 0.6 is 62.3 Å². The lowest BCUT2D eigenvalue weighted by Gasteiger charge is -2.15. The molecule has 0 bridgehead atoms. The summed E-state index contributed by atoms with van der Waals surface area (Å²) >= 11 is 27.9. The fourth-order valence-electron chi connectivity index (χ4n) is 2.46. The number of anilines is 1. The maximum absolute atomic E-state index is 13.7. The maximum atomic E-state index is 13.7. The first-order valence-electron chi connectivity index (χ1n) is 8.45. The topological polar surface area (TPSA) is 67.4 Å². The predicted molar refractivity (Wildman–Crippen MR) is 124 cm³/mol. The van der Waals surface area contributed by atoms with Gasteiger partial charge in [-0.2, -0.15) is 0 Å². The minimum Gasteiger partial charge on any atom is -0.454 e. The summed E-state index contributed by atoms with van der Waals surface area (Å²) in [5.41, 5.74) is -1.08. The molecule has 3 aromatic carbocycles. The number of hydrogen-bond acceptors (Lipinski definition) is 3. The van der Waals surface area contributed by atoms with Crippen molar-refractivity contribution in [3.05, 3.63) is 84.2 Å². The molecule has 0 aliphatic carbocycles. The first kappa shape index (κ1) is 24.5. The Morgan fingerprint density at radius 2 is 1.56 bits per heavy atom. The summed E-state index contributed by atoms with van der Waals surface area (Å²) in [6.45, 7) is 0. The van der Waals surface area contributed by atoms with Crippen LogP contribution < -0.4 is 15.4 Å². The molecule has 0 atom stereocenters. The predicted octanol–water partition coefficient (Wildman–Crippen LogP) is 8.10. The van der Waals surface area contributed by atoms with Crippen LogP contribution in [0.4, 0.5) is 19.3 Å². The summed E-state index contributed by atoms with van der Waals surface area (Å²) < 4.78 is 33.7. The molecule has 0 fully saturated rings. The van der Waals surface area contributed by atoms with Crippen molar-refractivity contribution in [2.24, 2.45) is 0 Å². The molecule has 32 heavy (non-hydrogen) atoms. The van der Waals surface area contributed by atoms with Gasteiger partial charge in [0.1, 0.15) is 33.7 Å². The molecule has 0 saturated heterocycles. The Morgan fingerprint density at radius 3 is 2.22 bits per heavy atom. The number of halogens is 7. The lowest BCUT2D eigenvalue weighted by atomic mass is 10.2. The van der Waals surface area contributed by atoms with E-state index in [2.05, 4.69) is 21.2 Å². The van der Waals surface area contributed by atoms with E-state index in [9.17, 15) is 18.4 Å². The van der Waals surface area contributed by atoms with E-state index < -0.39 is 29.1 Å². The third-order valence-corrected chi connectivity index (χ3v) is 5.93. The zero-order chi connectivity index (χ0) is 23.6. The van der Waals surface area contributed by atoms with Crippen LogP contribution in [0.5, 0.6) is 11.5 Å². The van der Waals surface area contributed by atoms with Gasteiger partial charge in [-0.1, -0.05) is 52.5 Å². The molecule has 3 amide bonds. The van der Waals surface area contributed by atoms with Crippen LogP contribution in [-0.4, -0.2) is 11.9 Å². The number of benzene rings is 3. The highest BCUT2D eigenvalue weighted by molar-refractivity contribution is 9.10. The Morgan fingerprint density at radius 1 is 0.906 bits per heavy atom. The molecular formula is C20H9BrCl4F2N2O3. The molecule has 0 heterocycles. The molecule has 0 aliphatic heterocycles. The van der Waals surface area contributed by atoms with Crippen molar-refractivity contribution in [3.8, 4) is 11.5 Å². The minimum atomic E-state index is -1.30. The first-order chi connectivity index (χ1) is 15.1. The third kappa shape index (κ3) is 5.44. The van der Waals surface area contributed by atoms with E-state index in [-0.39, 0.29) is 26.5 Å².